The molecule has 18 heavy (non-hydrogen) atoms. The van der Waals surface area contributed by atoms with Crippen LogP contribution in [0, 0.1) is 0 Å². The van der Waals surface area contributed by atoms with Crippen molar-refractivity contribution in [3.8, 4) is 0 Å². The third kappa shape index (κ3) is 4.22. The molecule has 2 heterocycles. The van der Waals surface area contributed by atoms with E-state index in [1.165, 1.54) is 71.2 Å². The van der Waals surface area contributed by atoms with Gasteiger partial charge in [0.2, 0.25) is 0 Å². The maximum absolute atomic E-state index is 3.66. The Morgan fingerprint density at radius 1 is 1.22 bits per heavy atom. The van der Waals surface area contributed by atoms with Crippen LogP contribution in [0.15, 0.2) is 0 Å². The number of hydrogen-bond acceptors (Lipinski definition) is 3. The Morgan fingerprint density at radius 2 is 2.11 bits per heavy atom. The zero-order chi connectivity index (χ0) is 12.8. The van der Waals surface area contributed by atoms with Gasteiger partial charge >= 0.3 is 0 Å². The van der Waals surface area contributed by atoms with Gasteiger partial charge in [0, 0.05) is 31.7 Å². The van der Waals surface area contributed by atoms with Crippen LogP contribution in [-0.2, 0) is 0 Å². The third-order valence-electron chi connectivity index (χ3n) is 4.77. The van der Waals surface area contributed by atoms with Crippen LogP contribution < -0.4 is 5.32 Å². The van der Waals surface area contributed by atoms with E-state index in [1.807, 2.05) is 0 Å². The fourth-order valence-corrected chi connectivity index (χ4v) is 3.39. The molecule has 0 saturated carbocycles. The second-order valence-corrected chi connectivity index (χ2v) is 6.13. The van der Waals surface area contributed by atoms with E-state index in [0.717, 1.165) is 12.1 Å². The summed E-state index contributed by atoms with van der Waals surface area (Å²) in [6.07, 6.45) is 8.26. The molecule has 0 spiro atoms. The largest absolute Gasteiger partial charge is 0.314 e. The van der Waals surface area contributed by atoms with Gasteiger partial charge in [-0.25, -0.2) is 0 Å². The van der Waals surface area contributed by atoms with Crippen molar-refractivity contribution in [1.29, 1.82) is 0 Å². The molecule has 3 heteroatoms. The van der Waals surface area contributed by atoms with Crippen LogP contribution >= 0.6 is 0 Å². The molecule has 2 saturated heterocycles. The van der Waals surface area contributed by atoms with Crippen LogP contribution in [0.2, 0.25) is 0 Å². The number of hydrogen-bond donors (Lipinski definition) is 1. The van der Waals surface area contributed by atoms with Gasteiger partial charge in [-0.1, -0.05) is 13.3 Å². The molecule has 0 aliphatic carbocycles. The Kier molecular flexibility index (Phi) is 5.93. The molecule has 1 N–H and O–H groups in total. The minimum absolute atomic E-state index is 0.784. The molecule has 2 aliphatic rings. The first-order valence-electron chi connectivity index (χ1n) is 7.95. The first-order chi connectivity index (χ1) is 8.79. The minimum Gasteiger partial charge on any atom is -0.314 e. The molecule has 0 aromatic heterocycles. The number of likely N-dealkylation sites (N-methyl/N-ethyl adjacent to an activating group) is 1. The summed E-state index contributed by atoms with van der Waals surface area (Å²) < 4.78 is 0. The lowest BCUT2D eigenvalue weighted by atomic mass is 10.0. The van der Waals surface area contributed by atoms with Gasteiger partial charge < -0.3 is 15.1 Å². The maximum Gasteiger partial charge on any atom is 0.0218 e. The molecule has 2 atom stereocenters. The highest BCUT2D eigenvalue weighted by Gasteiger charge is 2.22. The highest BCUT2D eigenvalue weighted by Crippen LogP contribution is 2.14. The molecule has 0 aromatic rings. The van der Waals surface area contributed by atoms with Crippen LogP contribution in [0.5, 0.6) is 0 Å². The normalized spacial score (nSPS) is 31.7. The first-order valence-corrected chi connectivity index (χ1v) is 7.95. The van der Waals surface area contributed by atoms with Crippen LogP contribution in [0.4, 0.5) is 0 Å². The van der Waals surface area contributed by atoms with E-state index < -0.39 is 0 Å². The standard InChI is InChI=1S/C15H31N3/c1-3-15-13-18(12-11-17(15)2)10-6-8-14-7-4-5-9-16-14/h14-16H,3-13H2,1-2H3. The molecule has 2 rings (SSSR count). The monoisotopic (exact) mass is 253 g/mol. The number of nitrogens with one attached hydrogen (secondary N) is 1. The smallest absolute Gasteiger partial charge is 0.0218 e. The lowest BCUT2D eigenvalue weighted by Crippen LogP contribution is -2.51. The quantitative estimate of drug-likeness (QED) is 0.808. The second kappa shape index (κ2) is 7.46. The Morgan fingerprint density at radius 3 is 2.83 bits per heavy atom. The Balaban J connectivity index is 1.61. The van der Waals surface area contributed by atoms with Gasteiger partial charge in [-0.05, 0) is 52.2 Å². The molecule has 0 bridgehead atoms. The van der Waals surface area contributed by atoms with E-state index in [2.05, 4.69) is 29.1 Å². The molecule has 3 nitrogen and oxygen atoms in total. The van der Waals surface area contributed by atoms with Crippen LogP contribution in [0.3, 0.4) is 0 Å². The zero-order valence-electron chi connectivity index (χ0n) is 12.3. The molecule has 2 fully saturated rings. The Hall–Kier alpha value is -0.120. The lowest BCUT2D eigenvalue weighted by Gasteiger charge is -2.39. The third-order valence-corrected chi connectivity index (χ3v) is 4.77. The van der Waals surface area contributed by atoms with E-state index in [1.54, 1.807) is 0 Å². The summed E-state index contributed by atoms with van der Waals surface area (Å²) in [5, 5.41) is 3.66. The van der Waals surface area contributed by atoms with Gasteiger partial charge in [0.05, 0.1) is 0 Å². The van der Waals surface area contributed by atoms with Gasteiger partial charge in [-0.15, -0.1) is 0 Å². The summed E-state index contributed by atoms with van der Waals surface area (Å²) in [5.74, 6) is 0. The Bertz CT molecular complexity index is 226. The first kappa shape index (κ1) is 14.3. The lowest BCUT2D eigenvalue weighted by molar-refractivity contribution is 0.0912. The summed E-state index contributed by atoms with van der Waals surface area (Å²) in [5.41, 5.74) is 0. The van der Waals surface area contributed by atoms with Crippen molar-refractivity contribution in [2.45, 2.75) is 57.5 Å². The predicted octanol–water partition coefficient (Wildman–Crippen LogP) is 1.93. The molecule has 0 radical (unpaired) electrons. The number of rotatable bonds is 5. The van der Waals surface area contributed by atoms with Crippen molar-refractivity contribution in [2.24, 2.45) is 0 Å². The summed E-state index contributed by atoms with van der Waals surface area (Å²) in [4.78, 5) is 5.20. The van der Waals surface area contributed by atoms with Crippen molar-refractivity contribution in [1.82, 2.24) is 15.1 Å². The average molecular weight is 253 g/mol. The molecule has 2 aliphatic heterocycles. The van der Waals surface area contributed by atoms with Crippen molar-refractivity contribution >= 4 is 0 Å². The van der Waals surface area contributed by atoms with Crippen molar-refractivity contribution in [3.05, 3.63) is 0 Å². The molecular weight excluding hydrogens is 222 g/mol. The number of piperidine rings is 1. The number of nitrogens with zero attached hydrogens (tertiary/aromatic N) is 2. The van der Waals surface area contributed by atoms with Crippen LogP contribution in [-0.4, -0.2) is 61.7 Å². The van der Waals surface area contributed by atoms with Gasteiger partial charge in [0.15, 0.2) is 0 Å². The highest BCUT2D eigenvalue weighted by atomic mass is 15.3. The molecule has 0 aromatic carbocycles. The van der Waals surface area contributed by atoms with Crippen molar-refractivity contribution < 1.29 is 0 Å². The molecular formula is C15H31N3. The van der Waals surface area contributed by atoms with Gasteiger partial charge in [-0.3, -0.25) is 0 Å². The fourth-order valence-electron chi connectivity index (χ4n) is 3.39. The fraction of sp³-hybridized carbons (Fsp3) is 1.00. The SMILES string of the molecule is CCC1CN(CCCC2CCCCN2)CCN1C. The zero-order valence-corrected chi connectivity index (χ0v) is 12.3. The minimum atomic E-state index is 0.784. The van der Waals surface area contributed by atoms with Crippen LogP contribution in [0.25, 0.3) is 0 Å². The molecule has 106 valence electrons. The highest BCUT2D eigenvalue weighted by molar-refractivity contribution is 4.79. The average Bonchev–Trinajstić information content (AvgIpc) is 2.42. The summed E-state index contributed by atoms with van der Waals surface area (Å²) in [7, 11) is 2.28. The van der Waals surface area contributed by atoms with Gasteiger partial charge in [0.25, 0.3) is 0 Å². The van der Waals surface area contributed by atoms with Crippen molar-refractivity contribution in [2.75, 3.05) is 39.8 Å². The predicted molar refractivity (Wildman–Crippen MR) is 78.0 cm³/mol. The number of piperazine rings is 1. The van der Waals surface area contributed by atoms with Gasteiger partial charge in [-0.2, -0.15) is 0 Å². The molecule has 2 unspecified atom stereocenters. The van der Waals surface area contributed by atoms with E-state index >= 15 is 0 Å². The van der Waals surface area contributed by atoms with Gasteiger partial charge in [0.1, 0.15) is 0 Å². The second-order valence-electron chi connectivity index (χ2n) is 6.13. The van der Waals surface area contributed by atoms with Crippen LogP contribution in [0.1, 0.15) is 45.4 Å². The van der Waals surface area contributed by atoms with E-state index in [-0.39, 0.29) is 0 Å². The van der Waals surface area contributed by atoms with E-state index in [0.29, 0.717) is 0 Å². The molecule has 0 amide bonds. The maximum atomic E-state index is 3.66. The van der Waals surface area contributed by atoms with E-state index in [4.69, 9.17) is 0 Å². The Labute approximate surface area is 113 Å². The summed E-state index contributed by atoms with van der Waals surface area (Å²) >= 11 is 0. The summed E-state index contributed by atoms with van der Waals surface area (Å²) in [6, 6.07) is 1.60. The van der Waals surface area contributed by atoms with E-state index in [9.17, 15) is 0 Å². The topological polar surface area (TPSA) is 18.5 Å². The van der Waals surface area contributed by atoms with Crippen molar-refractivity contribution in [3.63, 3.8) is 0 Å². The summed E-state index contributed by atoms with van der Waals surface area (Å²) in [6.45, 7) is 8.67.